The van der Waals surface area contributed by atoms with Crippen LogP contribution in [-0.2, 0) is 4.79 Å². The number of unbranched alkanes of at least 4 members (excludes halogenated alkanes) is 3. The minimum atomic E-state index is -0.974. The average molecular weight is 306 g/mol. The van der Waals surface area contributed by atoms with Gasteiger partial charge in [0.05, 0.1) is 11.5 Å². The Balaban J connectivity index is 2.77. The van der Waals surface area contributed by atoms with Crippen molar-refractivity contribution in [1.82, 2.24) is 0 Å². The van der Waals surface area contributed by atoms with Gasteiger partial charge in [-0.1, -0.05) is 64.7 Å². The second kappa shape index (κ2) is 9.62. The van der Waals surface area contributed by atoms with Crippen LogP contribution in [0.3, 0.4) is 0 Å². The van der Waals surface area contributed by atoms with Crippen LogP contribution in [0.2, 0.25) is 0 Å². The Morgan fingerprint density at radius 2 is 1.73 bits per heavy atom. The number of hydrogen-bond acceptors (Lipinski definition) is 3. The topological polar surface area (TPSA) is 46.5 Å². The molecule has 0 spiro atoms. The van der Waals surface area contributed by atoms with E-state index in [0.29, 0.717) is 25.0 Å². The molecule has 0 saturated heterocycles. The second-order valence-electron chi connectivity index (χ2n) is 5.95. The lowest BCUT2D eigenvalue weighted by molar-refractivity contribution is -0.150. The maximum absolute atomic E-state index is 12.6. The molecule has 0 saturated carbocycles. The molecule has 1 aromatic rings. The summed E-state index contributed by atoms with van der Waals surface area (Å²) in [5.41, 5.74) is -0.974. The lowest BCUT2D eigenvalue weighted by Crippen LogP contribution is -2.43. The van der Waals surface area contributed by atoms with Gasteiger partial charge in [-0.05, 0) is 31.4 Å². The highest BCUT2D eigenvalue weighted by atomic mass is 16.5. The Morgan fingerprint density at radius 3 is 2.27 bits per heavy atom. The molecule has 3 nitrogen and oxygen atoms in total. The van der Waals surface area contributed by atoms with Gasteiger partial charge in [-0.3, -0.25) is 4.79 Å². The third-order valence-corrected chi connectivity index (χ3v) is 4.47. The molecule has 124 valence electrons. The zero-order valence-corrected chi connectivity index (χ0v) is 14.2. The smallest absolute Gasteiger partial charge is 0.317 e. The summed E-state index contributed by atoms with van der Waals surface area (Å²) in [4.78, 5) is 12.6. The number of esters is 1. The van der Waals surface area contributed by atoms with Crippen molar-refractivity contribution in [2.24, 2.45) is 5.92 Å². The molecule has 1 atom stereocenters. The minimum absolute atomic E-state index is 0.311. The zero-order valence-electron chi connectivity index (χ0n) is 14.2. The largest absolute Gasteiger partial charge is 0.426 e. The number of aliphatic hydroxyl groups is 1. The molecule has 1 unspecified atom stereocenters. The standard InChI is InChI=1S/C19H30O3/c1-4-7-8-12-15-17(19(21,5-2)6-3)18(20)22-16-13-10-9-11-14-16/h9-11,13-14,17,21H,4-8,12,15H2,1-3H3. The predicted molar refractivity (Wildman–Crippen MR) is 89.9 cm³/mol. The third kappa shape index (κ3) is 5.45. The van der Waals surface area contributed by atoms with Crippen molar-refractivity contribution in [2.75, 3.05) is 0 Å². The molecular formula is C19H30O3. The highest BCUT2D eigenvalue weighted by molar-refractivity contribution is 5.76. The first-order chi connectivity index (χ1) is 10.6. The van der Waals surface area contributed by atoms with Crippen LogP contribution >= 0.6 is 0 Å². The van der Waals surface area contributed by atoms with Gasteiger partial charge in [0, 0.05) is 0 Å². The van der Waals surface area contributed by atoms with E-state index >= 15 is 0 Å². The molecule has 0 aromatic heterocycles. The summed E-state index contributed by atoms with van der Waals surface area (Å²) in [6.07, 6.45) is 6.17. The summed E-state index contributed by atoms with van der Waals surface area (Å²) in [5, 5.41) is 10.8. The fourth-order valence-electron chi connectivity index (χ4n) is 2.80. The summed E-state index contributed by atoms with van der Waals surface area (Å²) >= 11 is 0. The van der Waals surface area contributed by atoms with Gasteiger partial charge >= 0.3 is 5.97 Å². The minimum Gasteiger partial charge on any atom is -0.426 e. The number of carbonyl (C=O) groups is 1. The molecule has 0 radical (unpaired) electrons. The molecule has 1 N–H and O–H groups in total. The molecule has 0 aliphatic heterocycles. The van der Waals surface area contributed by atoms with Gasteiger partial charge in [0.1, 0.15) is 5.75 Å². The summed E-state index contributed by atoms with van der Waals surface area (Å²) in [7, 11) is 0. The van der Waals surface area contributed by atoms with Crippen molar-refractivity contribution in [3.05, 3.63) is 30.3 Å². The highest BCUT2D eigenvalue weighted by Gasteiger charge is 2.39. The summed E-state index contributed by atoms with van der Waals surface area (Å²) < 4.78 is 5.48. The van der Waals surface area contributed by atoms with Crippen LogP contribution in [0, 0.1) is 5.92 Å². The van der Waals surface area contributed by atoms with Crippen molar-refractivity contribution < 1.29 is 14.6 Å². The monoisotopic (exact) mass is 306 g/mol. The van der Waals surface area contributed by atoms with Gasteiger partial charge in [-0.2, -0.15) is 0 Å². The quantitative estimate of drug-likeness (QED) is 0.386. The van der Waals surface area contributed by atoms with E-state index < -0.39 is 11.5 Å². The summed E-state index contributed by atoms with van der Waals surface area (Å²) in [6.45, 7) is 6.02. The molecule has 1 rings (SSSR count). The van der Waals surface area contributed by atoms with Crippen LogP contribution in [0.5, 0.6) is 5.75 Å². The Labute approximate surface area is 134 Å². The second-order valence-corrected chi connectivity index (χ2v) is 5.95. The predicted octanol–water partition coefficient (Wildman–Crippen LogP) is 4.73. The van der Waals surface area contributed by atoms with E-state index in [2.05, 4.69) is 6.92 Å². The number of para-hydroxylation sites is 1. The van der Waals surface area contributed by atoms with Crippen LogP contribution in [0.1, 0.15) is 65.7 Å². The Bertz CT molecular complexity index is 424. The van der Waals surface area contributed by atoms with Crippen LogP contribution in [0.15, 0.2) is 30.3 Å². The summed E-state index contributed by atoms with van der Waals surface area (Å²) in [5.74, 6) is -0.228. The van der Waals surface area contributed by atoms with E-state index in [1.807, 2.05) is 32.0 Å². The van der Waals surface area contributed by atoms with Gasteiger partial charge in [-0.25, -0.2) is 0 Å². The van der Waals surface area contributed by atoms with Crippen LogP contribution in [-0.4, -0.2) is 16.7 Å². The van der Waals surface area contributed by atoms with Crippen molar-refractivity contribution in [2.45, 2.75) is 71.3 Å². The van der Waals surface area contributed by atoms with Crippen molar-refractivity contribution in [1.29, 1.82) is 0 Å². The normalized spacial score (nSPS) is 12.9. The fraction of sp³-hybridized carbons (Fsp3) is 0.632. The van der Waals surface area contributed by atoms with Gasteiger partial charge < -0.3 is 9.84 Å². The molecule has 0 fully saturated rings. The third-order valence-electron chi connectivity index (χ3n) is 4.47. The molecular weight excluding hydrogens is 276 g/mol. The number of rotatable bonds is 10. The Morgan fingerprint density at radius 1 is 1.09 bits per heavy atom. The summed E-state index contributed by atoms with van der Waals surface area (Å²) in [6, 6.07) is 9.09. The molecule has 1 aromatic carbocycles. The van der Waals surface area contributed by atoms with E-state index in [1.54, 1.807) is 12.1 Å². The Kier molecular flexibility index (Phi) is 8.18. The first-order valence-electron chi connectivity index (χ1n) is 8.56. The lowest BCUT2D eigenvalue weighted by Gasteiger charge is -2.33. The maximum atomic E-state index is 12.6. The van der Waals surface area contributed by atoms with Crippen LogP contribution in [0.4, 0.5) is 0 Å². The van der Waals surface area contributed by atoms with Crippen molar-refractivity contribution in [3.63, 3.8) is 0 Å². The van der Waals surface area contributed by atoms with E-state index in [4.69, 9.17) is 4.74 Å². The molecule has 3 heteroatoms. The first-order valence-corrected chi connectivity index (χ1v) is 8.56. The molecule has 22 heavy (non-hydrogen) atoms. The van der Waals surface area contributed by atoms with E-state index in [1.165, 1.54) is 0 Å². The van der Waals surface area contributed by atoms with Crippen molar-refractivity contribution in [3.8, 4) is 5.75 Å². The fourth-order valence-corrected chi connectivity index (χ4v) is 2.80. The molecule has 0 aliphatic carbocycles. The van der Waals surface area contributed by atoms with Gasteiger partial charge in [0.2, 0.25) is 0 Å². The molecule has 0 heterocycles. The van der Waals surface area contributed by atoms with Crippen LogP contribution < -0.4 is 4.74 Å². The highest BCUT2D eigenvalue weighted by Crippen LogP contribution is 2.31. The molecule has 0 amide bonds. The molecule has 0 bridgehead atoms. The Hall–Kier alpha value is -1.35. The first kappa shape index (κ1) is 18.7. The zero-order chi connectivity index (χ0) is 16.4. The van der Waals surface area contributed by atoms with Gasteiger partial charge in [0.15, 0.2) is 0 Å². The number of benzene rings is 1. The van der Waals surface area contributed by atoms with E-state index in [-0.39, 0.29) is 5.97 Å². The van der Waals surface area contributed by atoms with E-state index in [0.717, 1.165) is 25.7 Å². The number of hydrogen-bond donors (Lipinski definition) is 1. The SMILES string of the molecule is CCCCCCC(C(=O)Oc1ccccc1)C(O)(CC)CC. The van der Waals surface area contributed by atoms with Gasteiger partial charge in [0.25, 0.3) is 0 Å². The maximum Gasteiger partial charge on any atom is 0.317 e. The number of carbonyl (C=O) groups excluding carboxylic acids is 1. The average Bonchev–Trinajstić information content (AvgIpc) is 2.55. The van der Waals surface area contributed by atoms with Crippen LogP contribution in [0.25, 0.3) is 0 Å². The number of ether oxygens (including phenoxy) is 1. The van der Waals surface area contributed by atoms with E-state index in [9.17, 15) is 9.90 Å². The van der Waals surface area contributed by atoms with Crippen molar-refractivity contribution >= 4 is 5.97 Å². The molecule has 0 aliphatic rings. The van der Waals surface area contributed by atoms with Gasteiger partial charge in [-0.15, -0.1) is 0 Å². The lowest BCUT2D eigenvalue weighted by atomic mass is 9.79.